The molecule has 7 nitrogen and oxygen atoms in total. The zero-order chi connectivity index (χ0) is 19.1. The molecule has 0 aliphatic rings. The van der Waals surface area contributed by atoms with E-state index in [4.69, 9.17) is 5.26 Å². The van der Waals surface area contributed by atoms with Crippen LogP contribution in [0.1, 0.15) is 22.3 Å². The summed E-state index contributed by atoms with van der Waals surface area (Å²) in [7, 11) is 3.78. The predicted molar refractivity (Wildman–Crippen MR) is 104 cm³/mol. The Kier molecular flexibility index (Phi) is 3.89. The van der Waals surface area contributed by atoms with Gasteiger partial charge in [0.25, 0.3) is 5.56 Å². The van der Waals surface area contributed by atoms with Crippen LogP contribution in [0.15, 0.2) is 41.2 Å². The van der Waals surface area contributed by atoms with E-state index >= 15 is 0 Å². The maximum atomic E-state index is 12.8. The zero-order valence-electron chi connectivity index (χ0n) is 15.3. The molecule has 0 amide bonds. The maximum Gasteiger partial charge on any atom is 0.260 e. The number of aryl methyl sites for hydroxylation is 1. The lowest BCUT2D eigenvalue weighted by molar-refractivity contribution is 0.982. The van der Waals surface area contributed by atoms with Crippen LogP contribution in [0.3, 0.4) is 0 Å². The third kappa shape index (κ3) is 2.72. The van der Waals surface area contributed by atoms with Crippen LogP contribution in [0.2, 0.25) is 0 Å². The molecule has 0 saturated heterocycles. The molecule has 0 spiro atoms. The van der Waals surface area contributed by atoms with E-state index < -0.39 is 0 Å². The first-order valence-electron chi connectivity index (χ1n) is 8.55. The van der Waals surface area contributed by atoms with Crippen molar-refractivity contribution >= 4 is 22.6 Å². The molecule has 134 valence electrons. The number of aromatic nitrogens is 4. The van der Waals surface area contributed by atoms with Crippen LogP contribution in [0.25, 0.3) is 16.7 Å². The molecule has 0 unspecified atom stereocenters. The van der Waals surface area contributed by atoms with Gasteiger partial charge in [-0.25, -0.2) is 4.40 Å². The van der Waals surface area contributed by atoms with E-state index in [1.54, 1.807) is 12.1 Å². The van der Waals surface area contributed by atoms with Gasteiger partial charge in [-0.05, 0) is 48.2 Å². The molecule has 0 atom stereocenters. The number of H-pyrrole nitrogens is 1. The van der Waals surface area contributed by atoms with Gasteiger partial charge in [0, 0.05) is 14.1 Å². The lowest BCUT2D eigenvalue weighted by Crippen LogP contribution is -2.17. The minimum Gasteiger partial charge on any atom is -0.347 e. The van der Waals surface area contributed by atoms with Gasteiger partial charge >= 0.3 is 0 Å². The SMILES string of the molecule is Cc1ccc2c(c1Cc1ccc(C#N)cc1)c(=O)[nH]c1nnc(N(C)C)n12. The number of nitrogens with one attached hydrogen (secondary N) is 1. The lowest BCUT2D eigenvalue weighted by Gasteiger charge is -2.14. The Morgan fingerprint density at radius 2 is 1.89 bits per heavy atom. The summed E-state index contributed by atoms with van der Waals surface area (Å²) >= 11 is 0. The summed E-state index contributed by atoms with van der Waals surface area (Å²) in [6, 6.07) is 13.5. The molecule has 0 radical (unpaired) electrons. The van der Waals surface area contributed by atoms with Gasteiger partial charge in [0.1, 0.15) is 0 Å². The Bertz CT molecular complexity index is 1260. The van der Waals surface area contributed by atoms with Crippen molar-refractivity contribution in [1.82, 2.24) is 19.6 Å². The Balaban J connectivity index is 1.98. The van der Waals surface area contributed by atoms with Gasteiger partial charge in [-0.1, -0.05) is 18.2 Å². The molecule has 0 bridgehead atoms. The second-order valence-electron chi connectivity index (χ2n) is 6.75. The maximum absolute atomic E-state index is 12.8. The molecule has 2 aromatic carbocycles. The molecule has 0 aliphatic heterocycles. The van der Waals surface area contributed by atoms with Gasteiger partial charge in [0.05, 0.1) is 22.5 Å². The first-order chi connectivity index (χ1) is 13.0. The number of rotatable bonds is 3. The van der Waals surface area contributed by atoms with Crippen LogP contribution in [0, 0.1) is 18.3 Å². The highest BCUT2D eigenvalue weighted by atomic mass is 16.1. The molecular weight excluding hydrogens is 340 g/mol. The molecule has 2 heterocycles. The van der Waals surface area contributed by atoms with Crippen molar-refractivity contribution in [1.29, 1.82) is 5.26 Å². The minimum absolute atomic E-state index is 0.178. The van der Waals surface area contributed by atoms with Crippen molar-refractivity contribution < 1.29 is 0 Å². The number of benzene rings is 2. The highest BCUT2D eigenvalue weighted by molar-refractivity contribution is 5.86. The topological polar surface area (TPSA) is 90.1 Å². The number of fused-ring (bicyclic) bond motifs is 3. The normalized spacial score (nSPS) is 11.0. The highest BCUT2D eigenvalue weighted by Gasteiger charge is 2.17. The largest absolute Gasteiger partial charge is 0.347 e. The van der Waals surface area contributed by atoms with E-state index in [0.29, 0.717) is 29.1 Å². The van der Waals surface area contributed by atoms with E-state index in [9.17, 15) is 4.79 Å². The van der Waals surface area contributed by atoms with Gasteiger partial charge in [-0.15, -0.1) is 10.2 Å². The predicted octanol–water partition coefficient (Wildman–Crippen LogP) is 2.41. The molecule has 0 fully saturated rings. The third-order valence-corrected chi connectivity index (χ3v) is 4.73. The quantitative estimate of drug-likeness (QED) is 0.607. The molecule has 27 heavy (non-hydrogen) atoms. The number of hydrogen-bond acceptors (Lipinski definition) is 5. The summed E-state index contributed by atoms with van der Waals surface area (Å²) in [6.45, 7) is 2.00. The van der Waals surface area contributed by atoms with E-state index in [1.807, 2.05) is 54.6 Å². The van der Waals surface area contributed by atoms with Crippen molar-refractivity contribution in [3.05, 3.63) is 69.0 Å². The smallest absolute Gasteiger partial charge is 0.260 e. The Labute approximate surface area is 155 Å². The monoisotopic (exact) mass is 358 g/mol. The molecule has 0 saturated carbocycles. The molecule has 4 rings (SSSR count). The third-order valence-electron chi connectivity index (χ3n) is 4.73. The lowest BCUT2D eigenvalue weighted by atomic mass is 9.96. The fraction of sp³-hybridized carbons (Fsp3) is 0.200. The van der Waals surface area contributed by atoms with E-state index in [1.165, 1.54) is 0 Å². The van der Waals surface area contributed by atoms with Gasteiger partial charge in [0.15, 0.2) is 0 Å². The van der Waals surface area contributed by atoms with Crippen molar-refractivity contribution in [3.8, 4) is 6.07 Å². The van der Waals surface area contributed by atoms with E-state index in [0.717, 1.165) is 22.2 Å². The summed E-state index contributed by atoms with van der Waals surface area (Å²) in [5.41, 5.74) is 4.25. The Morgan fingerprint density at radius 3 is 2.56 bits per heavy atom. The van der Waals surface area contributed by atoms with Gasteiger partial charge in [-0.2, -0.15) is 5.26 Å². The number of nitriles is 1. The molecule has 2 aromatic heterocycles. The van der Waals surface area contributed by atoms with Gasteiger partial charge in [0.2, 0.25) is 11.7 Å². The number of nitrogens with zero attached hydrogens (tertiary/aromatic N) is 5. The molecule has 0 aliphatic carbocycles. The van der Waals surface area contributed by atoms with E-state index in [-0.39, 0.29) is 5.56 Å². The summed E-state index contributed by atoms with van der Waals surface area (Å²) < 4.78 is 1.86. The zero-order valence-corrected chi connectivity index (χ0v) is 15.3. The van der Waals surface area contributed by atoms with Crippen LogP contribution < -0.4 is 10.5 Å². The van der Waals surface area contributed by atoms with Gasteiger partial charge in [-0.3, -0.25) is 9.78 Å². The van der Waals surface area contributed by atoms with Gasteiger partial charge < -0.3 is 4.90 Å². The van der Waals surface area contributed by atoms with Crippen LogP contribution in [-0.4, -0.2) is 33.7 Å². The van der Waals surface area contributed by atoms with Crippen LogP contribution in [0.5, 0.6) is 0 Å². The van der Waals surface area contributed by atoms with Crippen LogP contribution in [0.4, 0.5) is 5.95 Å². The Morgan fingerprint density at radius 1 is 1.15 bits per heavy atom. The number of anilines is 1. The molecule has 4 aromatic rings. The minimum atomic E-state index is -0.178. The van der Waals surface area contributed by atoms with Crippen molar-refractivity contribution in [3.63, 3.8) is 0 Å². The second-order valence-corrected chi connectivity index (χ2v) is 6.75. The average molecular weight is 358 g/mol. The summed E-state index contributed by atoms with van der Waals surface area (Å²) in [5, 5.41) is 17.9. The fourth-order valence-corrected chi connectivity index (χ4v) is 3.34. The van der Waals surface area contributed by atoms with E-state index in [2.05, 4.69) is 21.3 Å². The van der Waals surface area contributed by atoms with Crippen LogP contribution in [-0.2, 0) is 6.42 Å². The summed E-state index contributed by atoms with van der Waals surface area (Å²) in [5.74, 6) is 1.07. The summed E-state index contributed by atoms with van der Waals surface area (Å²) in [4.78, 5) is 17.5. The second kappa shape index (κ2) is 6.25. The van der Waals surface area contributed by atoms with Crippen molar-refractivity contribution in [2.75, 3.05) is 19.0 Å². The molecular formula is C20H18N6O. The molecule has 7 heteroatoms. The first kappa shape index (κ1) is 16.8. The first-order valence-corrected chi connectivity index (χ1v) is 8.55. The Hall–Kier alpha value is -3.66. The standard InChI is InChI=1S/C20H18N6O/c1-12-4-9-16-17(15(12)10-13-5-7-14(11-21)8-6-13)18(27)22-19-23-24-20(25(2)3)26(16)19/h4-9H,10H2,1-3H3,(H,22,23,27). The van der Waals surface area contributed by atoms with Crippen molar-refractivity contribution in [2.45, 2.75) is 13.3 Å². The number of aromatic amines is 1. The molecule has 1 N–H and O–H groups in total. The van der Waals surface area contributed by atoms with Crippen LogP contribution >= 0.6 is 0 Å². The van der Waals surface area contributed by atoms with Crippen molar-refractivity contribution in [2.24, 2.45) is 0 Å². The average Bonchev–Trinajstić information content (AvgIpc) is 3.08. The number of hydrogen-bond donors (Lipinski definition) is 1. The highest BCUT2D eigenvalue weighted by Crippen LogP contribution is 2.25. The fourth-order valence-electron chi connectivity index (χ4n) is 3.34. The summed E-state index contributed by atoms with van der Waals surface area (Å²) in [6.07, 6.45) is 0.600.